The maximum Gasteiger partial charge on any atom is 0.0936 e. The van der Waals surface area contributed by atoms with Crippen molar-refractivity contribution in [1.29, 1.82) is 0 Å². The third-order valence-corrected chi connectivity index (χ3v) is 3.95. The van der Waals surface area contributed by atoms with Gasteiger partial charge in [0.15, 0.2) is 0 Å². The number of benzene rings is 1. The number of rotatable bonds is 7. The van der Waals surface area contributed by atoms with Crippen molar-refractivity contribution in [3.63, 3.8) is 0 Å². The first-order valence-corrected chi connectivity index (χ1v) is 7.67. The van der Waals surface area contributed by atoms with Crippen LogP contribution in [0.4, 0.5) is 5.69 Å². The Bertz CT molecular complexity index is 359. The Balaban J connectivity index is 2.54. The summed E-state index contributed by atoms with van der Waals surface area (Å²) >= 11 is 1.86. The topological polar surface area (TPSA) is 49.5 Å². The lowest BCUT2D eigenvalue weighted by Crippen LogP contribution is -2.33. The summed E-state index contributed by atoms with van der Waals surface area (Å²) < 4.78 is 0. The molecule has 0 heterocycles. The Kier molecular flexibility index (Phi) is 6.54. The van der Waals surface area contributed by atoms with E-state index in [0.29, 0.717) is 18.3 Å². The van der Waals surface area contributed by atoms with Gasteiger partial charge in [0.25, 0.3) is 0 Å². The van der Waals surface area contributed by atoms with Gasteiger partial charge < -0.3 is 15.7 Å². The van der Waals surface area contributed by atoms with E-state index in [2.05, 4.69) is 18.1 Å². The van der Waals surface area contributed by atoms with Crippen molar-refractivity contribution in [2.24, 2.45) is 0 Å². The van der Waals surface area contributed by atoms with Crippen molar-refractivity contribution in [3.05, 3.63) is 29.8 Å². The van der Waals surface area contributed by atoms with Crippen LogP contribution in [0, 0.1) is 0 Å². The van der Waals surface area contributed by atoms with Crippen molar-refractivity contribution in [1.82, 2.24) is 4.90 Å². The summed E-state index contributed by atoms with van der Waals surface area (Å²) in [6.07, 6.45) is 2.73. The molecule has 1 rings (SSSR count). The molecule has 0 saturated carbocycles. The van der Waals surface area contributed by atoms with Crippen molar-refractivity contribution < 1.29 is 5.11 Å². The fraction of sp³-hybridized carbons (Fsp3) is 0.571. The van der Waals surface area contributed by atoms with E-state index in [0.717, 1.165) is 17.7 Å². The monoisotopic (exact) mass is 268 g/mol. The molecule has 0 fully saturated rings. The highest BCUT2D eigenvalue weighted by Crippen LogP contribution is 2.21. The Morgan fingerprint density at radius 1 is 1.39 bits per heavy atom. The zero-order valence-corrected chi connectivity index (χ0v) is 12.3. The predicted molar refractivity (Wildman–Crippen MR) is 80.9 cm³/mol. The lowest BCUT2D eigenvalue weighted by Gasteiger charge is -2.27. The van der Waals surface area contributed by atoms with Crippen LogP contribution in [0.1, 0.15) is 25.0 Å². The van der Waals surface area contributed by atoms with E-state index in [-0.39, 0.29) is 0 Å². The fourth-order valence-corrected chi connectivity index (χ4v) is 2.45. The molecule has 102 valence electrons. The molecule has 2 atom stereocenters. The highest BCUT2D eigenvalue weighted by Gasteiger charge is 2.16. The third kappa shape index (κ3) is 4.52. The van der Waals surface area contributed by atoms with Gasteiger partial charge in [-0.3, -0.25) is 0 Å². The molecule has 0 radical (unpaired) electrons. The van der Waals surface area contributed by atoms with Gasteiger partial charge in [-0.2, -0.15) is 11.8 Å². The van der Waals surface area contributed by atoms with Gasteiger partial charge in [0.05, 0.1) is 6.10 Å². The Morgan fingerprint density at radius 2 is 2.06 bits per heavy atom. The second-order valence-electron chi connectivity index (χ2n) is 4.71. The highest BCUT2D eigenvalue weighted by atomic mass is 32.2. The van der Waals surface area contributed by atoms with Crippen molar-refractivity contribution in [2.75, 3.05) is 31.3 Å². The number of anilines is 1. The average Bonchev–Trinajstić information content (AvgIpc) is 2.36. The summed E-state index contributed by atoms with van der Waals surface area (Å²) in [4.78, 5) is 2.19. The zero-order chi connectivity index (χ0) is 13.5. The van der Waals surface area contributed by atoms with Gasteiger partial charge in [0.1, 0.15) is 0 Å². The zero-order valence-electron chi connectivity index (χ0n) is 11.5. The molecule has 3 nitrogen and oxygen atoms in total. The fourth-order valence-electron chi connectivity index (χ4n) is 1.87. The first-order chi connectivity index (χ1) is 8.56. The molecule has 0 saturated heterocycles. The largest absolute Gasteiger partial charge is 0.398 e. The van der Waals surface area contributed by atoms with Crippen LogP contribution in [0.3, 0.4) is 0 Å². The molecule has 1 aromatic carbocycles. The number of aliphatic hydroxyl groups excluding tert-OH is 1. The van der Waals surface area contributed by atoms with Crippen LogP contribution in [-0.4, -0.2) is 41.6 Å². The molecule has 0 aliphatic rings. The van der Waals surface area contributed by atoms with Gasteiger partial charge in [-0.25, -0.2) is 0 Å². The van der Waals surface area contributed by atoms with Gasteiger partial charge in [-0.05, 0) is 38.5 Å². The van der Waals surface area contributed by atoms with E-state index in [4.69, 9.17) is 5.73 Å². The number of hydrogen-bond donors (Lipinski definition) is 2. The van der Waals surface area contributed by atoms with Gasteiger partial charge in [0, 0.05) is 23.8 Å². The van der Waals surface area contributed by atoms with Crippen LogP contribution >= 0.6 is 11.8 Å². The van der Waals surface area contributed by atoms with E-state index < -0.39 is 6.10 Å². The molecule has 18 heavy (non-hydrogen) atoms. The molecule has 3 N–H and O–H groups in total. The molecule has 0 aliphatic heterocycles. The van der Waals surface area contributed by atoms with Crippen LogP contribution < -0.4 is 5.73 Å². The number of hydrogen-bond acceptors (Lipinski definition) is 4. The molecule has 0 bridgehead atoms. The molecular formula is C14H24N2OS. The minimum atomic E-state index is -0.520. The predicted octanol–water partition coefficient (Wildman–Crippen LogP) is 2.38. The van der Waals surface area contributed by atoms with E-state index in [1.54, 1.807) is 0 Å². The SMILES string of the molecule is CSCCC(C)N(C)CC(O)c1ccccc1N. The van der Waals surface area contributed by atoms with E-state index in [9.17, 15) is 5.11 Å². The van der Waals surface area contributed by atoms with Gasteiger partial charge in [-0.15, -0.1) is 0 Å². The molecule has 0 aliphatic carbocycles. The number of likely N-dealkylation sites (N-methyl/N-ethyl adjacent to an activating group) is 1. The van der Waals surface area contributed by atoms with Gasteiger partial charge in [0.2, 0.25) is 0 Å². The average molecular weight is 268 g/mol. The standard InChI is InChI=1S/C14H24N2OS/c1-11(8-9-18-3)16(2)10-14(17)12-6-4-5-7-13(12)15/h4-7,11,14,17H,8-10,15H2,1-3H3. The normalized spacial score (nSPS) is 14.7. The summed E-state index contributed by atoms with van der Waals surface area (Å²) in [5.74, 6) is 1.15. The minimum Gasteiger partial charge on any atom is -0.398 e. The second-order valence-corrected chi connectivity index (χ2v) is 5.70. The maximum absolute atomic E-state index is 10.2. The quantitative estimate of drug-likeness (QED) is 0.746. The van der Waals surface area contributed by atoms with Crippen LogP contribution in [0.25, 0.3) is 0 Å². The van der Waals surface area contributed by atoms with Crippen LogP contribution in [-0.2, 0) is 0 Å². The Hall–Kier alpha value is -0.710. The number of para-hydroxylation sites is 1. The number of nitrogens with zero attached hydrogens (tertiary/aromatic N) is 1. The first kappa shape index (κ1) is 15.3. The van der Waals surface area contributed by atoms with Crippen LogP contribution in [0.2, 0.25) is 0 Å². The first-order valence-electron chi connectivity index (χ1n) is 6.28. The molecular weight excluding hydrogens is 244 g/mol. The van der Waals surface area contributed by atoms with Crippen molar-refractivity contribution >= 4 is 17.4 Å². The number of nitrogens with two attached hydrogens (primary N) is 1. The number of thioether (sulfide) groups is 1. The summed E-state index contributed by atoms with van der Waals surface area (Å²) in [6, 6.07) is 7.98. The van der Waals surface area contributed by atoms with Gasteiger partial charge in [-0.1, -0.05) is 18.2 Å². The molecule has 1 aromatic rings. The third-order valence-electron chi connectivity index (χ3n) is 3.31. The summed E-state index contributed by atoms with van der Waals surface area (Å²) in [5, 5.41) is 10.2. The Labute approximate surface area is 114 Å². The number of aliphatic hydroxyl groups is 1. The van der Waals surface area contributed by atoms with Crippen molar-refractivity contribution in [3.8, 4) is 0 Å². The highest BCUT2D eigenvalue weighted by molar-refractivity contribution is 7.98. The summed E-state index contributed by atoms with van der Waals surface area (Å²) in [7, 11) is 2.05. The summed E-state index contributed by atoms with van der Waals surface area (Å²) in [5.41, 5.74) is 7.35. The van der Waals surface area contributed by atoms with Crippen molar-refractivity contribution in [2.45, 2.75) is 25.5 Å². The lowest BCUT2D eigenvalue weighted by atomic mass is 10.1. The molecule has 2 unspecified atom stereocenters. The van der Waals surface area contributed by atoms with Crippen LogP contribution in [0.5, 0.6) is 0 Å². The van der Waals surface area contributed by atoms with E-state index in [1.807, 2.05) is 43.1 Å². The minimum absolute atomic E-state index is 0.469. The van der Waals surface area contributed by atoms with E-state index >= 15 is 0 Å². The molecule has 0 amide bonds. The second kappa shape index (κ2) is 7.67. The lowest BCUT2D eigenvalue weighted by molar-refractivity contribution is 0.108. The summed E-state index contributed by atoms with van der Waals surface area (Å²) in [6.45, 7) is 2.81. The van der Waals surface area contributed by atoms with Crippen LogP contribution in [0.15, 0.2) is 24.3 Å². The molecule has 0 aromatic heterocycles. The Morgan fingerprint density at radius 3 is 2.67 bits per heavy atom. The van der Waals surface area contributed by atoms with Gasteiger partial charge >= 0.3 is 0 Å². The maximum atomic E-state index is 10.2. The smallest absolute Gasteiger partial charge is 0.0936 e. The number of nitrogen functional groups attached to an aromatic ring is 1. The van der Waals surface area contributed by atoms with E-state index in [1.165, 1.54) is 0 Å². The molecule has 0 spiro atoms. The molecule has 4 heteroatoms.